The molecule has 0 saturated heterocycles. The van der Waals surface area contributed by atoms with Crippen LogP contribution in [0, 0.1) is 0 Å². The van der Waals surface area contributed by atoms with Crippen molar-refractivity contribution < 1.29 is 9.53 Å². The van der Waals surface area contributed by atoms with E-state index in [1.54, 1.807) is 0 Å². The van der Waals surface area contributed by atoms with Gasteiger partial charge in [-0.2, -0.15) is 0 Å². The summed E-state index contributed by atoms with van der Waals surface area (Å²) < 4.78 is 5.64. The summed E-state index contributed by atoms with van der Waals surface area (Å²) in [7, 11) is 0. The molecular weight excluding hydrogens is 346 g/mol. The summed E-state index contributed by atoms with van der Waals surface area (Å²) in [6.45, 7) is 6.74. The third kappa shape index (κ3) is 4.67. The molecule has 0 bridgehead atoms. The number of hydrogen-bond acceptors (Lipinski definition) is 5. The van der Waals surface area contributed by atoms with E-state index in [-0.39, 0.29) is 11.3 Å². The van der Waals surface area contributed by atoms with Gasteiger partial charge in [0.05, 0.1) is 0 Å². The first-order valence-electron chi connectivity index (χ1n) is 8.34. The Kier molecular flexibility index (Phi) is 5.32. The Bertz CT molecular complexity index is 868. The highest BCUT2D eigenvalue weighted by atomic mass is 32.1. The van der Waals surface area contributed by atoms with Crippen molar-refractivity contribution in [2.24, 2.45) is 0 Å². The van der Waals surface area contributed by atoms with Crippen molar-refractivity contribution in [3.05, 3.63) is 70.7 Å². The smallest absolute Gasteiger partial charge is 0.257 e. The highest BCUT2D eigenvalue weighted by molar-refractivity contribution is 7.15. The van der Waals surface area contributed by atoms with E-state index in [1.165, 1.54) is 16.9 Å². The third-order valence-corrected chi connectivity index (χ3v) is 4.62. The van der Waals surface area contributed by atoms with E-state index >= 15 is 0 Å². The summed E-state index contributed by atoms with van der Waals surface area (Å²) in [6, 6.07) is 17.1. The summed E-state index contributed by atoms with van der Waals surface area (Å²) in [6.07, 6.45) is 0. The second-order valence-electron chi connectivity index (χ2n) is 6.88. The van der Waals surface area contributed by atoms with E-state index < -0.39 is 0 Å². The van der Waals surface area contributed by atoms with Gasteiger partial charge in [0.25, 0.3) is 5.91 Å². The largest absolute Gasteiger partial charge is 0.486 e. The molecule has 0 atom stereocenters. The summed E-state index contributed by atoms with van der Waals surface area (Å²) >= 11 is 1.30. The van der Waals surface area contributed by atoms with Crippen LogP contribution < -0.4 is 10.1 Å². The number of ether oxygens (including phenoxy) is 1. The number of aromatic nitrogens is 2. The van der Waals surface area contributed by atoms with E-state index in [0.717, 1.165) is 5.75 Å². The average molecular weight is 367 g/mol. The molecule has 1 aromatic heterocycles. The molecule has 0 spiro atoms. The van der Waals surface area contributed by atoms with Gasteiger partial charge in [-0.1, -0.05) is 62.4 Å². The second kappa shape index (κ2) is 7.66. The monoisotopic (exact) mass is 367 g/mol. The van der Waals surface area contributed by atoms with Crippen LogP contribution >= 0.6 is 11.3 Å². The van der Waals surface area contributed by atoms with Gasteiger partial charge in [-0.3, -0.25) is 10.1 Å². The van der Waals surface area contributed by atoms with Gasteiger partial charge < -0.3 is 4.74 Å². The quantitative estimate of drug-likeness (QED) is 0.712. The number of carbonyl (C=O) groups excluding carboxylic acids is 1. The Balaban J connectivity index is 1.59. The van der Waals surface area contributed by atoms with Gasteiger partial charge in [-0.25, -0.2) is 0 Å². The van der Waals surface area contributed by atoms with E-state index in [9.17, 15) is 4.79 Å². The molecule has 1 amide bonds. The number of rotatable bonds is 5. The van der Waals surface area contributed by atoms with Crippen LogP contribution in [-0.2, 0) is 12.0 Å². The lowest BCUT2D eigenvalue weighted by atomic mass is 9.87. The maximum Gasteiger partial charge on any atom is 0.257 e. The number of amides is 1. The first-order valence-corrected chi connectivity index (χ1v) is 9.15. The number of nitrogens with zero attached hydrogens (tertiary/aromatic N) is 2. The standard InChI is InChI=1S/C20H21N3O2S/c1-20(2,3)15-11-9-14(10-12-15)18(24)21-19-23-22-17(26-19)13-25-16-7-5-4-6-8-16/h4-12H,13H2,1-3H3,(H,21,23,24). The number of anilines is 1. The second-order valence-corrected chi connectivity index (χ2v) is 7.95. The molecule has 0 fully saturated rings. The van der Waals surface area contributed by atoms with Gasteiger partial charge in [0, 0.05) is 5.56 Å². The van der Waals surface area contributed by atoms with Crippen molar-refractivity contribution >= 4 is 22.4 Å². The van der Waals surface area contributed by atoms with Gasteiger partial charge in [0.1, 0.15) is 12.4 Å². The fourth-order valence-electron chi connectivity index (χ4n) is 2.32. The van der Waals surface area contributed by atoms with Crippen molar-refractivity contribution in [1.82, 2.24) is 10.2 Å². The van der Waals surface area contributed by atoms with Crippen LogP contribution in [0.4, 0.5) is 5.13 Å². The number of benzene rings is 2. The van der Waals surface area contributed by atoms with E-state index in [1.807, 2.05) is 54.6 Å². The van der Waals surface area contributed by atoms with Crippen LogP contribution in [0.15, 0.2) is 54.6 Å². The molecule has 5 nitrogen and oxygen atoms in total. The highest BCUT2D eigenvalue weighted by Gasteiger charge is 2.15. The number of carbonyl (C=O) groups is 1. The molecule has 3 rings (SSSR count). The summed E-state index contributed by atoms with van der Waals surface area (Å²) in [4.78, 5) is 12.4. The van der Waals surface area contributed by atoms with Gasteiger partial charge in [0.15, 0.2) is 5.01 Å². The predicted molar refractivity (Wildman–Crippen MR) is 104 cm³/mol. The van der Waals surface area contributed by atoms with Gasteiger partial charge in [-0.15, -0.1) is 10.2 Å². The Hall–Kier alpha value is -2.73. The molecular formula is C20H21N3O2S. The molecule has 0 aliphatic rings. The molecule has 1 heterocycles. The number of para-hydroxylation sites is 1. The fraction of sp³-hybridized carbons (Fsp3) is 0.250. The zero-order valence-electron chi connectivity index (χ0n) is 15.0. The first-order chi connectivity index (χ1) is 12.4. The molecule has 0 unspecified atom stereocenters. The molecule has 0 saturated carbocycles. The molecule has 134 valence electrons. The van der Waals surface area contributed by atoms with Crippen molar-refractivity contribution in [1.29, 1.82) is 0 Å². The van der Waals surface area contributed by atoms with Gasteiger partial charge >= 0.3 is 0 Å². The molecule has 3 aromatic rings. The minimum atomic E-state index is -0.197. The van der Waals surface area contributed by atoms with Crippen molar-refractivity contribution in [3.63, 3.8) is 0 Å². The summed E-state index contributed by atoms with van der Waals surface area (Å²) in [5, 5.41) is 12.0. The molecule has 6 heteroatoms. The average Bonchev–Trinajstić information content (AvgIpc) is 3.07. The Morgan fingerprint density at radius 3 is 2.38 bits per heavy atom. The van der Waals surface area contributed by atoms with E-state index in [0.29, 0.717) is 22.3 Å². The molecule has 0 radical (unpaired) electrons. The Morgan fingerprint density at radius 2 is 1.73 bits per heavy atom. The lowest BCUT2D eigenvalue weighted by Gasteiger charge is -2.18. The highest BCUT2D eigenvalue weighted by Crippen LogP contribution is 2.23. The summed E-state index contributed by atoms with van der Waals surface area (Å²) in [5.41, 5.74) is 1.84. The molecule has 1 N–H and O–H groups in total. The van der Waals surface area contributed by atoms with Crippen LogP contribution in [0.3, 0.4) is 0 Å². The van der Waals surface area contributed by atoms with Crippen molar-refractivity contribution in [2.75, 3.05) is 5.32 Å². The number of nitrogens with one attached hydrogen (secondary N) is 1. The van der Waals surface area contributed by atoms with Crippen LogP contribution in [0.1, 0.15) is 41.7 Å². The molecule has 0 aliphatic heterocycles. The van der Waals surface area contributed by atoms with Crippen molar-refractivity contribution in [3.8, 4) is 5.75 Å². The van der Waals surface area contributed by atoms with E-state index in [4.69, 9.17) is 4.74 Å². The van der Waals surface area contributed by atoms with Crippen LogP contribution in [0.25, 0.3) is 0 Å². The third-order valence-electron chi connectivity index (χ3n) is 3.81. The van der Waals surface area contributed by atoms with Gasteiger partial charge in [-0.05, 0) is 35.2 Å². The van der Waals surface area contributed by atoms with Crippen molar-refractivity contribution in [2.45, 2.75) is 32.8 Å². The molecule has 2 aromatic carbocycles. The molecule has 26 heavy (non-hydrogen) atoms. The zero-order chi connectivity index (χ0) is 18.6. The predicted octanol–water partition coefficient (Wildman–Crippen LogP) is 4.67. The topological polar surface area (TPSA) is 64.1 Å². The maximum absolute atomic E-state index is 12.4. The Morgan fingerprint density at radius 1 is 1.04 bits per heavy atom. The number of hydrogen-bond donors (Lipinski definition) is 1. The van der Waals surface area contributed by atoms with E-state index in [2.05, 4.69) is 36.3 Å². The van der Waals surface area contributed by atoms with Crippen LogP contribution in [-0.4, -0.2) is 16.1 Å². The van der Waals surface area contributed by atoms with Gasteiger partial charge in [0.2, 0.25) is 5.13 Å². The first kappa shape index (κ1) is 18.1. The van der Waals surface area contributed by atoms with Crippen LogP contribution in [0.5, 0.6) is 5.75 Å². The minimum Gasteiger partial charge on any atom is -0.486 e. The normalized spacial score (nSPS) is 11.2. The maximum atomic E-state index is 12.4. The lowest BCUT2D eigenvalue weighted by molar-refractivity contribution is 0.102. The SMILES string of the molecule is CC(C)(C)c1ccc(C(=O)Nc2nnc(COc3ccccc3)s2)cc1. The zero-order valence-corrected chi connectivity index (χ0v) is 15.8. The minimum absolute atomic E-state index is 0.0574. The Labute approximate surface area is 157 Å². The molecule has 0 aliphatic carbocycles. The lowest BCUT2D eigenvalue weighted by Crippen LogP contribution is -2.14. The summed E-state index contributed by atoms with van der Waals surface area (Å²) in [5.74, 6) is 0.573. The van der Waals surface area contributed by atoms with Crippen LogP contribution in [0.2, 0.25) is 0 Å². The fourth-order valence-corrected chi connectivity index (χ4v) is 2.96.